The van der Waals surface area contributed by atoms with E-state index in [0.29, 0.717) is 5.56 Å². The van der Waals surface area contributed by atoms with Gasteiger partial charge in [0.25, 0.3) is 5.69 Å². The summed E-state index contributed by atoms with van der Waals surface area (Å²) in [5.74, 6) is -0.114. The van der Waals surface area contributed by atoms with Gasteiger partial charge in [0, 0.05) is 11.6 Å². The van der Waals surface area contributed by atoms with Crippen molar-refractivity contribution >= 4 is 22.9 Å². The molecule has 2 rings (SSSR count). The highest BCUT2D eigenvalue weighted by Crippen LogP contribution is 2.20. The van der Waals surface area contributed by atoms with E-state index in [2.05, 4.69) is 0 Å². The topological polar surface area (TPSA) is 66.2 Å². The molecular weight excluding hydrogens is 293 g/mol. The van der Waals surface area contributed by atoms with Gasteiger partial charge in [0.15, 0.2) is 0 Å². The van der Waals surface area contributed by atoms with Gasteiger partial charge in [-0.3, -0.25) is 10.1 Å². The summed E-state index contributed by atoms with van der Waals surface area (Å²) in [5.41, 5.74) is 1.10. The van der Waals surface area contributed by atoms with E-state index in [1.165, 1.54) is 29.7 Å². The molecule has 0 aliphatic carbocycles. The molecule has 0 radical (unpaired) electrons. The molecule has 0 aliphatic heterocycles. The molecular formula is C15H12FNO3S. The maximum Gasteiger partial charge on any atom is 0.276 e. The third-order valence-corrected chi connectivity index (χ3v) is 3.81. The second-order valence-corrected chi connectivity index (χ2v) is 5.59. The molecule has 1 atom stereocenters. The Morgan fingerprint density at radius 3 is 2.48 bits per heavy atom. The summed E-state index contributed by atoms with van der Waals surface area (Å²) in [6.07, 6.45) is 1.47. The zero-order chi connectivity index (χ0) is 15.2. The molecule has 2 aromatic carbocycles. The number of hydrogen-bond donors (Lipinski definition) is 0. The zero-order valence-corrected chi connectivity index (χ0v) is 11.8. The van der Waals surface area contributed by atoms with Crippen LogP contribution in [0.25, 0.3) is 6.08 Å². The first-order chi connectivity index (χ1) is 10.1. The minimum Gasteiger partial charge on any atom is -0.612 e. The quantitative estimate of drug-likeness (QED) is 0.481. The fraction of sp³-hybridized carbons (Fsp3) is 0.0667. The van der Waals surface area contributed by atoms with Crippen LogP contribution < -0.4 is 0 Å². The van der Waals surface area contributed by atoms with Crippen LogP contribution in [0.5, 0.6) is 0 Å². The van der Waals surface area contributed by atoms with Crippen molar-refractivity contribution in [2.75, 3.05) is 0 Å². The average molecular weight is 305 g/mol. The predicted octanol–water partition coefficient (Wildman–Crippen LogP) is 3.65. The lowest BCUT2D eigenvalue weighted by Gasteiger charge is -2.05. The third-order valence-electron chi connectivity index (χ3n) is 2.76. The molecule has 2 aromatic rings. The van der Waals surface area contributed by atoms with Crippen molar-refractivity contribution < 1.29 is 13.9 Å². The lowest BCUT2D eigenvalue weighted by molar-refractivity contribution is -0.385. The van der Waals surface area contributed by atoms with E-state index >= 15 is 0 Å². The van der Waals surface area contributed by atoms with Crippen molar-refractivity contribution in [3.05, 3.63) is 81.0 Å². The van der Waals surface area contributed by atoms with Gasteiger partial charge in [0.1, 0.15) is 17.0 Å². The number of hydrogen-bond acceptors (Lipinski definition) is 3. The van der Waals surface area contributed by atoms with E-state index in [-0.39, 0.29) is 17.3 Å². The van der Waals surface area contributed by atoms with Crippen LogP contribution in [0, 0.1) is 15.9 Å². The van der Waals surface area contributed by atoms with Crippen molar-refractivity contribution in [1.82, 2.24) is 0 Å². The molecule has 108 valence electrons. The van der Waals surface area contributed by atoms with E-state index in [0.717, 1.165) is 5.56 Å². The Bertz CT molecular complexity index is 658. The highest BCUT2D eigenvalue weighted by Gasteiger charge is 2.11. The number of para-hydroxylation sites is 1. The van der Waals surface area contributed by atoms with Crippen molar-refractivity contribution in [2.24, 2.45) is 0 Å². The van der Waals surface area contributed by atoms with Crippen LogP contribution >= 0.6 is 0 Å². The van der Waals surface area contributed by atoms with Crippen LogP contribution in [0.4, 0.5) is 10.1 Å². The maximum atomic E-state index is 12.8. The Morgan fingerprint density at radius 2 is 1.81 bits per heavy atom. The third kappa shape index (κ3) is 4.40. The molecule has 4 nitrogen and oxygen atoms in total. The second-order valence-electron chi connectivity index (χ2n) is 4.27. The van der Waals surface area contributed by atoms with Gasteiger partial charge in [-0.05, 0) is 35.5 Å². The Morgan fingerprint density at radius 1 is 1.14 bits per heavy atom. The lowest BCUT2D eigenvalue weighted by Crippen LogP contribution is -2.00. The van der Waals surface area contributed by atoms with Crippen LogP contribution in [0.15, 0.2) is 53.9 Å². The van der Waals surface area contributed by atoms with Crippen molar-refractivity contribution in [3.8, 4) is 0 Å². The first-order valence-electron chi connectivity index (χ1n) is 6.09. The summed E-state index contributed by atoms with van der Waals surface area (Å²) in [4.78, 5) is 10.4. The molecule has 0 bridgehead atoms. The standard InChI is InChI=1S/C15H12FNO3S/c16-14-7-5-12(6-8-14)11-21(20)10-9-13-3-1-2-4-15(13)17(18)19/h1-10H,11H2. The Kier molecular flexibility index (Phi) is 5.08. The van der Waals surface area contributed by atoms with Crippen LogP contribution in [0.1, 0.15) is 11.1 Å². The highest BCUT2D eigenvalue weighted by molar-refractivity contribution is 7.93. The molecule has 0 aromatic heterocycles. The molecule has 0 aliphatic rings. The fourth-order valence-corrected chi connectivity index (χ4v) is 2.65. The number of benzene rings is 2. The second kappa shape index (κ2) is 7.01. The van der Waals surface area contributed by atoms with Crippen LogP contribution in [0.3, 0.4) is 0 Å². The number of nitro benzene ring substituents is 1. The van der Waals surface area contributed by atoms with Crippen molar-refractivity contribution in [3.63, 3.8) is 0 Å². The summed E-state index contributed by atoms with van der Waals surface area (Å²) >= 11 is -1.33. The monoisotopic (exact) mass is 305 g/mol. The highest BCUT2D eigenvalue weighted by atomic mass is 32.2. The summed E-state index contributed by atoms with van der Waals surface area (Å²) in [5, 5.41) is 12.3. The number of nitrogens with zero attached hydrogens (tertiary/aromatic N) is 1. The van der Waals surface area contributed by atoms with Gasteiger partial charge in [-0.25, -0.2) is 4.39 Å². The molecule has 0 spiro atoms. The van der Waals surface area contributed by atoms with E-state index in [1.807, 2.05) is 0 Å². The van der Waals surface area contributed by atoms with E-state index in [9.17, 15) is 19.1 Å². The molecule has 0 saturated heterocycles. The lowest BCUT2D eigenvalue weighted by atomic mass is 10.2. The summed E-state index contributed by atoms with van der Waals surface area (Å²) < 4.78 is 24.7. The molecule has 0 amide bonds. The van der Waals surface area contributed by atoms with Gasteiger partial charge >= 0.3 is 0 Å². The Hall–Kier alpha value is -2.18. The number of nitro groups is 1. The first-order valence-corrected chi connectivity index (χ1v) is 7.48. The Balaban J connectivity index is 2.07. The molecule has 1 unspecified atom stereocenters. The molecule has 0 fully saturated rings. The normalized spacial score (nSPS) is 12.5. The van der Waals surface area contributed by atoms with Gasteiger partial charge in [0.05, 0.1) is 10.5 Å². The summed E-state index contributed by atoms with van der Waals surface area (Å²) in [6, 6.07) is 12.0. The maximum absolute atomic E-state index is 12.8. The average Bonchev–Trinajstić information content (AvgIpc) is 2.48. The summed E-state index contributed by atoms with van der Waals surface area (Å²) in [6.45, 7) is 0. The fourth-order valence-electron chi connectivity index (χ4n) is 1.74. The molecule has 21 heavy (non-hydrogen) atoms. The van der Waals surface area contributed by atoms with Crippen molar-refractivity contribution in [2.45, 2.75) is 5.75 Å². The minimum atomic E-state index is -1.33. The predicted molar refractivity (Wildman–Crippen MR) is 80.4 cm³/mol. The Labute approximate surface area is 124 Å². The summed E-state index contributed by atoms with van der Waals surface area (Å²) in [7, 11) is 0. The molecule has 6 heteroatoms. The van der Waals surface area contributed by atoms with Gasteiger partial charge in [-0.15, -0.1) is 0 Å². The van der Waals surface area contributed by atoms with E-state index in [1.54, 1.807) is 30.3 Å². The number of halogens is 1. The van der Waals surface area contributed by atoms with Crippen LogP contribution in [0.2, 0.25) is 0 Å². The van der Waals surface area contributed by atoms with Gasteiger partial charge in [-0.1, -0.05) is 24.3 Å². The molecule has 0 N–H and O–H groups in total. The SMILES string of the molecule is O=[N+]([O-])c1ccccc1C=C[S+]([O-])Cc1ccc(F)cc1. The minimum absolute atomic E-state index is 0.0347. The largest absolute Gasteiger partial charge is 0.612 e. The molecule has 0 saturated carbocycles. The van der Waals surface area contributed by atoms with Gasteiger partial charge in [-0.2, -0.15) is 0 Å². The van der Waals surface area contributed by atoms with Gasteiger partial charge < -0.3 is 4.55 Å². The van der Waals surface area contributed by atoms with Crippen molar-refractivity contribution in [1.29, 1.82) is 0 Å². The van der Waals surface area contributed by atoms with Gasteiger partial charge in [0.2, 0.25) is 0 Å². The van der Waals surface area contributed by atoms with E-state index < -0.39 is 16.1 Å². The first kappa shape index (κ1) is 15.2. The molecule has 0 heterocycles. The van der Waals surface area contributed by atoms with Crippen LogP contribution in [-0.4, -0.2) is 9.48 Å². The van der Waals surface area contributed by atoms with Crippen LogP contribution in [-0.2, 0) is 16.9 Å². The van der Waals surface area contributed by atoms with E-state index in [4.69, 9.17) is 0 Å². The zero-order valence-electron chi connectivity index (χ0n) is 10.9. The number of rotatable bonds is 5. The smallest absolute Gasteiger partial charge is 0.276 e.